The standard InChI is InChI=1S/C32H45N3O2S2/c1-30-14-16-38-39-21-31(25(20-34-29(33)35-31)17-22-7-3-2-4-8-22)13-5-10-26-27-18-24(30)12-11-23(9-6-15-36)32(27,30)19-28(26)37/h2-4,7-8,23-25,36H,5-6,9-21H2,1H3,(H3,33,34,35)/t23-,24-,25+,30+,31-,32+/m1/s1. The van der Waals surface area contributed by atoms with Crippen molar-refractivity contribution in [1.82, 2.24) is 5.32 Å². The van der Waals surface area contributed by atoms with Crippen molar-refractivity contribution in [1.29, 1.82) is 0 Å². The molecule has 0 unspecified atom stereocenters. The van der Waals surface area contributed by atoms with Crippen LogP contribution in [0.25, 0.3) is 0 Å². The number of Topliss-reactive ketones (excluding diaryl/α,β-unsaturated/α-hetero) is 1. The predicted molar refractivity (Wildman–Crippen MR) is 164 cm³/mol. The smallest absolute Gasteiger partial charge is 0.189 e. The van der Waals surface area contributed by atoms with Crippen molar-refractivity contribution in [2.45, 2.75) is 83.1 Å². The summed E-state index contributed by atoms with van der Waals surface area (Å²) in [5.41, 5.74) is 10.5. The molecule has 0 aromatic heterocycles. The summed E-state index contributed by atoms with van der Waals surface area (Å²) in [6, 6.07) is 10.8. The quantitative estimate of drug-likeness (QED) is 0.383. The highest BCUT2D eigenvalue weighted by molar-refractivity contribution is 8.76. The van der Waals surface area contributed by atoms with Crippen molar-refractivity contribution < 1.29 is 9.90 Å². The normalized spacial score (nSPS) is 38.6. The number of rotatable bonds is 5. The minimum atomic E-state index is -0.125. The number of aliphatic hydroxyl groups is 1. The molecular formula is C32H45N3O2S2. The summed E-state index contributed by atoms with van der Waals surface area (Å²) in [5, 5.41) is 13.4. The minimum Gasteiger partial charge on any atom is -0.396 e. The number of benzene rings is 1. The summed E-state index contributed by atoms with van der Waals surface area (Å²) in [4.78, 5) is 18.5. The lowest BCUT2D eigenvalue weighted by Crippen LogP contribution is -2.61. The molecule has 1 aromatic carbocycles. The van der Waals surface area contributed by atoms with Crippen LogP contribution < -0.4 is 11.1 Å². The van der Waals surface area contributed by atoms with E-state index in [9.17, 15) is 9.90 Å². The largest absolute Gasteiger partial charge is 0.396 e. The van der Waals surface area contributed by atoms with E-state index in [-0.39, 0.29) is 23.0 Å². The molecule has 39 heavy (non-hydrogen) atoms. The molecule has 1 aromatic rings. The van der Waals surface area contributed by atoms with Gasteiger partial charge in [0, 0.05) is 42.4 Å². The molecule has 2 aliphatic heterocycles. The van der Waals surface area contributed by atoms with Crippen LogP contribution in [-0.2, 0) is 11.2 Å². The summed E-state index contributed by atoms with van der Waals surface area (Å²) in [5.74, 6) is 4.71. The van der Waals surface area contributed by atoms with Crippen molar-refractivity contribution in [2.24, 2.45) is 39.3 Å². The van der Waals surface area contributed by atoms with E-state index in [1.807, 2.05) is 21.6 Å². The zero-order chi connectivity index (χ0) is 27.1. The van der Waals surface area contributed by atoms with Gasteiger partial charge in [0.2, 0.25) is 0 Å². The lowest BCUT2D eigenvalue weighted by molar-refractivity contribution is -0.121. The van der Waals surface area contributed by atoms with Gasteiger partial charge in [0.1, 0.15) is 0 Å². The zero-order valence-corrected chi connectivity index (χ0v) is 25.1. The predicted octanol–water partition coefficient (Wildman–Crippen LogP) is 5.92. The highest BCUT2D eigenvalue weighted by Crippen LogP contribution is 2.74. The summed E-state index contributed by atoms with van der Waals surface area (Å²) in [7, 11) is 4.04. The molecule has 5 aliphatic rings. The maximum Gasteiger partial charge on any atom is 0.189 e. The van der Waals surface area contributed by atoms with Gasteiger partial charge in [-0.25, -0.2) is 0 Å². The Morgan fingerprint density at radius 1 is 1.15 bits per heavy atom. The molecule has 212 valence electrons. The molecule has 0 saturated heterocycles. The van der Waals surface area contributed by atoms with E-state index < -0.39 is 0 Å². The molecule has 2 heterocycles. The maximum absolute atomic E-state index is 13.8. The maximum atomic E-state index is 13.8. The fraction of sp³-hybridized carbons (Fsp3) is 0.688. The Morgan fingerprint density at radius 2 is 2.00 bits per heavy atom. The molecule has 3 aliphatic carbocycles. The summed E-state index contributed by atoms with van der Waals surface area (Å²) >= 11 is 0. The van der Waals surface area contributed by atoms with Crippen molar-refractivity contribution in [3.05, 3.63) is 47.0 Å². The molecule has 2 fully saturated rings. The van der Waals surface area contributed by atoms with Gasteiger partial charge in [-0.1, -0.05) is 64.4 Å². The molecule has 5 bridgehead atoms. The van der Waals surface area contributed by atoms with Gasteiger partial charge >= 0.3 is 0 Å². The third-order valence-electron chi connectivity index (χ3n) is 11.4. The van der Waals surface area contributed by atoms with E-state index in [2.05, 4.69) is 47.6 Å². The average Bonchev–Trinajstić information content (AvgIpc) is 3.25. The van der Waals surface area contributed by atoms with Gasteiger partial charge in [-0.15, -0.1) is 0 Å². The fourth-order valence-corrected chi connectivity index (χ4v) is 12.3. The van der Waals surface area contributed by atoms with Crippen LogP contribution in [0.15, 0.2) is 46.5 Å². The van der Waals surface area contributed by atoms with Crippen LogP contribution in [-0.4, -0.2) is 47.0 Å². The van der Waals surface area contributed by atoms with Gasteiger partial charge in [0.25, 0.3) is 0 Å². The summed E-state index contributed by atoms with van der Waals surface area (Å²) < 4.78 is 0. The van der Waals surface area contributed by atoms with Gasteiger partial charge in [0.15, 0.2) is 11.7 Å². The van der Waals surface area contributed by atoms with E-state index in [1.54, 1.807) is 5.57 Å². The zero-order valence-electron chi connectivity index (χ0n) is 23.4. The van der Waals surface area contributed by atoms with Crippen LogP contribution in [0, 0.1) is 28.6 Å². The Bertz CT molecular complexity index is 1140. The van der Waals surface area contributed by atoms with Gasteiger partial charge in [0.05, 0.1) is 5.54 Å². The molecule has 2 spiro atoms. The number of carbonyl (C=O) groups excluding carboxylic acids is 1. The Labute approximate surface area is 242 Å². The monoisotopic (exact) mass is 567 g/mol. The van der Waals surface area contributed by atoms with Crippen molar-refractivity contribution in [3.63, 3.8) is 0 Å². The van der Waals surface area contributed by atoms with E-state index in [1.165, 1.54) is 30.4 Å². The highest BCUT2D eigenvalue weighted by Gasteiger charge is 2.67. The number of guanidine groups is 1. The number of nitrogens with one attached hydrogen (secondary N) is 1. The molecule has 0 amide bonds. The van der Waals surface area contributed by atoms with E-state index in [0.29, 0.717) is 29.5 Å². The molecule has 2 saturated carbocycles. The van der Waals surface area contributed by atoms with Crippen LogP contribution in [0.2, 0.25) is 0 Å². The van der Waals surface area contributed by atoms with Gasteiger partial charge in [-0.05, 0) is 92.6 Å². The molecule has 4 N–H and O–H groups in total. The molecule has 6 atom stereocenters. The Balaban J connectivity index is 1.32. The molecule has 7 heteroatoms. The number of hydrogen-bond donors (Lipinski definition) is 3. The summed E-state index contributed by atoms with van der Waals surface area (Å²) in [6.07, 6.45) is 11.3. The Morgan fingerprint density at radius 3 is 2.82 bits per heavy atom. The number of nitrogens with zero attached hydrogens (tertiary/aromatic N) is 1. The van der Waals surface area contributed by atoms with Crippen LogP contribution in [0.5, 0.6) is 0 Å². The van der Waals surface area contributed by atoms with Crippen LogP contribution >= 0.6 is 21.6 Å². The van der Waals surface area contributed by atoms with Gasteiger partial charge in [-0.2, -0.15) is 0 Å². The topological polar surface area (TPSA) is 87.7 Å². The fourth-order valence-electron chi connectivity index (χ4n) is 9.44. The van der Waals surface area contributed by atoms with Gasteiger partial charge in [-0.3, -0.25) is 9.79 Å². The SMILES string of the molecule is C[C@]12CCSSC[C@@]3(CCCC4=C5C[C@H]1CC[C@@H](CCCO)[C@@]52CC4=O)NC(N)=NC[C@@H]3Cc1ccccc1. The average molecular weight is 568 g/mol. The first-order chi connectivity index (χ1) is 18.9. The number of aliphatic imine (C=N–C) groups is 1. The molecule has 5 nitrogen and oxygen atoms in total. The second-order valence-electron chi connectivity index (χ2n) is 13.1. The number of ketones is 1. The second kappa shape index (κ2) is 11.1. The number of aliphatic hydroxyl groups excluding tert-OH is 1. The van der Waals surface area contributed by atoms with E-state index >= 15 is 0 Å². The number of carbonyl (C=O) groups is 1. The Kier molecular flexibility index (Phi) is 7.88. The van der Waals surface area contributed by atoms with Crippen LogP contribution in [0.1, 0.15) is 76.7 Å². The first kappa shape index (κ1) is 27.7. The van der Waals surface area contributed by atoms with E-state index in [0.717, 1.165) is 69.4 Å². The highest BCUT2D eigenvalue weighted by atomic mass is 33.1. The third-order valence-corrected chi connectivity index (χ3v) is 14.0. The number of allylic oxidation sites excluding steroid dienone is 2. The first-order valence-corrected chi connectivity index (χ1v) is 17.6. The number of hydrogen-bond acceptors (Lipinski definition) is 7. The van der Waals surface area contributed by atoms with Crippen LogP contribution in [0.4, 0.5) is 0 Å². The van der Waals surface area contributed by atoms with Crippen molar-refractivity contribution in [3.8, 4) is 0 Å². The van der Waals surface area contributed by atoms with Crippen LogP contribution in [0.3, 0.4) is 0 Å². The molecular weight excluding hydrogens is 523 g/mol. The van der Waals surface area contributed by atoms with Gasteiger partial charge < -0.3 is 16.2 Å². The molecule has 0 radical (unpaired) electrons. The molecule has 6 rings (SSSR count). The second-order valence-corrected chi connectivity index (χ2v) is 15.7. The van der Waals surface area contributed by atoms with E-state index in [4.69, 9.17) is 5.73 Å². The minimum absolute atomic E-state index is 0.0322. The third kappa shape index (κ3) is 4.68. The lowest BCUT2D eigenvalue weighted by Gasteiger charge is -2.54. The first-order valence-electron chi connectivity index (χ1n) is 15.1. The van der Waals surface area contributed by atoms with Crippen molar-refractivity contribution >= 4 is 33.3 Å². The Hall–Kier alpha value is -1.44. The lowest BCUT2D eigenvalue weighted by atomic mass is 9.50. The number of nitrogens with two attached hydrogens (primary N) is 1. The summed E-state index contributed by atoms with van der Waals surface area (Å²) in [6.45, 7) is 3.54. The van der Waals surface area contributed by atoms with Crippen molar-refractivity contribution in [2.75, 3.05) is 24.7 Å².